The maximum atomic E-state index is 14.1. The maximum Gasteiger partial charge on any atom is 0.167 e. The fourth-order valence-electron chi connectivity index (χ4n) is 3.29. The van der Waals surface area contributed by atoms with Gasteiger partial charge >= 0.3 is 0 Å². The smallest absolute Gasteiger partial charge is 0.167 e. The van der Waals surface area contributed by atoms with Crippen molar-refractivity contribution in [3.8, 4) is 5.75 Å². The highest BCUT2D eigenvalue weighted by Gasteiger charge is 2.24. The third-order valence-electron chi connectivity index (χ3n) is 4.60. The number of rotatable bonds is 5. The van der Waals surface area contributed by atoms with Crippen LogP contribution in [-0.4, -0.2) is 34.7 Å². The fourth-order valence-corrected chi connectivity index (χ4v) is 3.29. The highest BCUT2D eigenvalue weighted by atomic mass is 19.1. The molecule has 0 amide bonds. The van der Waals surface area contributed by atoms with Crippen LogP contribution in [0.25, 0.3) is 0 Å². The van der Waals surface area contributed by atoms with Gasteiger partial charge in [-0.05, 0) is 32.3 Å². The van der Waals surface area contributed by atoms with E-state index in [2.05, 4.69) is 16.9 Å². The van der Waals surface area contributed by atoms with E-state index in [9.17, 15) is 4.39 Å². The molecule has 2 aromatic rings. The number of nitrogen functional groups attached to an aromatic ring is 1. The average molecular weight is 359 g/mol. The molecular formula is C19H26FN5O. The number of aryl methyl sites for hydroxylation is 1. The number of hydrogen-bond acceptors (Lipinski definition) is 5. The van der Waals surface area contributed by atoms with Crippen molar-refractivity contribution in [2.45, 2.75) is 33.3 Å². The minimum atomic E-state index is -0.527. The van der Waals surface area contributed by atoms with E-state index in [-0.39, 0.29) is 23.3 Å². The van der Waals surface area contributed by atoms with E-state index in [1.54, 1.807) is 4.68 Å². The minimum absolute atomic E-state index is 0.0958. The summed E-state index contributed by atoms with van der Waals surface area (Å²) in [5, 5.41) is 13.0. The van der Waals surface area contributed by atoms with Gasteiger partial charge in [-0.15, -0.1) is 0 Å². The van der Waals surface area contributed by atoms with Gasteiger partial charge in [-0.2, -0.15) is 5.10 Å². The van der Waals surface area contributed by atoms with E-state index in [1.807, 2.05) is 27.0 Å². The number of ether oxygens (including phenoxy) is 1. The Bertz CT molecular complexity index is 830. The van der Waals surface area contributed by atoms with Crippen LogP contribution in [0, 0.1) is 17.1 Å². The molecule has 0 unspecified atom stereocenters. The summed E-state index contributed by atoms with van der Waals surface area (Å²) in [7, 11) is 1.87. The number of benzene rings is 1. The van der Waals surface area contributed by atoms with Gasteiger partial charge in [0, 0.05) is 43.5 Å². The van der Waals surface area contributed by atoms with Crippen molar-refractivity contribution in [2.24, 2.45) is 13.0 Å². The van der Waals surface area contributed by atoms with Crippen molar-refractivity contribution < 1.29 is 9.13 Å². The zero-order chi connectivity index (χ0) is 19.0. The van der Waals surface area contributed by atoms with Crippen LogP contribution in [0.2, 0.25) is 0 Å². The second-order valence-electron chi connectivity index (χ2n) is 7.26. The van der Waals surface area contributed by atoms with Gasteiger partial charge in [0.2, 0.25) is 0 Å². The lowest BCUT2D eigenvalue weighted by Gasteiger charge is -2.17. The maximum absolute atomic E-state index is 14.1. The number of hydrogen-bond donors (Lipinski definition) is 2. The Morgan fingerprint density at radius 1 is 1.38 bits per heavy atom. The number of aromatic nitrogens is 2. The molecule has 1 aromatic carbocycles. The molecule has 1 atom stereocenters. The van der Waals surface area contributed by atoms with E-state index in [0.717, 1.165) is 25.3 Å². The number of nitrogens with two attached hydrogens (primary N) is 1. The number of nitrogens with one attached hydrogen (secondary N) is 1. The molecule has 0 saturated carbocycles. The first kappa shape index (κ1) is 18.2. The van der Waals surface area contributed by atoms with Gasteiger partial charge in [-0.25, -0.2) is 4.39 Å². The lowest BCUT2D eigenvalue weighted by Crippen LogP contribution is -2.21. The summed E-state index contributed by atoms with van der Waals surface area (Å²) in [5.41, 5.74) is 7.25. The highest BCUT2D eigenvalue weighted by molar-refractivity contribution is 6.13. The summed E-state index contributed by atoms with van der Waals surface area (Å²) in [6.45, 7) is 7.84. The lowest BCUT2D eigenvalue weighted by molar-refractivity contribution is 0.231. The molecule has 1 aliphatic heterocycles. The van der Waals surface area contributed by atoms with Crippen LogP contribution in [0.15, 0.2) is 18.2 Å². The van der Waals surface area contributed by atoms with Gasteiger partial charge < -0.3 is 15.4 Å². The Labute approximate surface area is 153 Å². The first-order chi connectivity index (χ1) is 12.3. The predicted molar refractivity (Wildman–Crippen MR) is 102 cm³/mol. The van der Waals surface area contributed by atoms with Crippen LogP contribution in [-0.2, 0) is 7.05 Å². The SMILES string of the molecule is CC(C)Oc1cc(C(=N)c2cc(N3CC[C@H](C)C3)n(C)n2)c(N)cc1F. The topological polar surface area (TPSA) is 80.2 Å². The molecule has 0 spiro atoms. The van der Waals surface area contributed by atoms with Crippen molar-refractivity contribution >= 4 is 17.2 Å². The van der Waals surface area contributed by atoms with E-state index >= 15 is 0 Å². The zero-order valence-electron chi connectivity index (χ0n) is 15.7. The molecule has 0 radical (unpaired) electrons. The van der Waals surface area contributed by atoms with Crippen molar-refractivity contribution in [1.82, 2.24) is 9.78 Å². The van der Waals surface area contributed by atoms with Crippen LogP contribution >= 0.6 is 0 Å². The summed E-state index contributed by atoms with van der Waals surface area (Å²) in [4.78, 5) is 2.27. The van der Waals surface area contributed by atoms with Gasteiger partial charge in [-0.1, -0.05) is 6.92 Å². The molecule has 140 valence electrons. The molecule has 3 rings (SSSR count). The average Bonchev–Trinajstić information content (AvgIpc) is 3.14. The molecule has 2 heterocycles. The molecule has 26 heavy (non-hydrogen) atoms. The molecule has 7 heteroatoms. The minimum Gasteiger partial charge on any atom is -0.488 e. The zero-order valence-corrected chi connectivity index (χ0v) is 15.7. The van der Waals surface area contributed by atoms with Crippen LogP contribution in [0.1, 0.15) is 38.4 Å². The van der Waals surface area contributed by atoms with Crippen molar-refractivity contribution in [3.05, 3.63) is 35.3 Å². The van der Waals surface area contributed by atoms with E-state index < -0.39 is 5.82 Å². The van der Waals surface area contributed by atoms with Gasteiger partial charge in [0.05, 0.1) is 11.8 Å². The Hall–Kier alpha value is -2.57. The van der Waals surface area contributed by atoms with Crippen molar-refractivity contribution in [1.29, 1.82) is 5.41 Å². The fraction of sp³-hybridized carbons (Fsp3) is 0.474. The summed E-state index contributed by atoms with van der Waals surface area (Å²) in [6.07, 6.45) is 0.979. The van der Waals surface area contributed by atoms with E-state index in [4.69, 9.17) is 15.9 Å². The monoisotopic (exact) mass is 359 g/mol. The summed E-state index contributed by atoms with van der Waals surface area (Å²) >= 11 is 0. The van der Waals surface area contributed by atoms with Gasteiger partial charge in [0.25, 0.3) is 0 Å². The van der Waals surface area contributed by atoms with Crippen molar-refractivity contribution in [2.75, 3.05) is 23.7 Å². The first-order valence-electron chi connectivity index (χ1n) is 8.90. The second-order valence-corrected chi connectivity index (χ2v) is 7.26. The molecule has 0 bridgehead atoms. The molecule has 6 nitrogen and oxygen atoms in total. The standard InChI is InChI=1S/C19H26FN5O/c1-11(2)26-17-7-13(15(21)8-14(17)20)19(22)16-9-18(24(4)23-16)25-6-5-12(3)10-25/h7-9,11-12,22H,5-6,10,21H2,1-4H3/t12-/m0/s1. The van der Waals surface area contributed by atoms with Crippen molar-refractivity contribution in [3.63, 3.8) is 0 Å². The summed E-state index contributed by atoms with van der Waals surface area (Å²) in [5.74, 6) is 1.20. The Kier molecular flexibility index (Phi) is 4.89. The van der Waals surface area contributed by atoms with E-state index in [1.165, 1.54) is 12.1 Å². The third-order valence-corrected chi connectivity index (χ3v) is 4.60. The second kappa shape index (κ2) is 6.97. The highest BCUT2D eigenvalue weighted by Crippen LogP contribution is 2.29. The van der Waals surface area contributed by atoms with E-state index in [0.29, 0.717) is 17.2 Å². The molecular weight excluding hydrogens is 333 g/mol. The molecule has 1 fully saturated rings. The van der Waals surface area contributed by atoms with Crippen LogP contribution < -0.4 is 15.4 Å². The first-order valence-corrected chi connectivity index (χ1v) is 8.90. The van der Waals surface area contributed by atoms with Crippen LogP contribution in [0.3, 0.4) is 0 Å². The molecule has 3 N–H and O–H groups in total. The summed E-state index contributed by atoms with van der Waals surface area (Å²) in [6, 6.07) is 4.58. The lowest BCUT2D eigenvalue weighted by atomic mass is 10.0. The van der Waals surface area contributed by atoms with Crippen LogP contribution in [0.5, 0.6) is 5.75 Å². The molecule has 1 aromatic heterocycles. The van der Waals surface area contributed by atoms with Gasteiger partial charge in [0.1, 0.15) is 11.5 Å². The third kappa shape index (κ3) is 3.52. The Balaban J connectivity index is 1.92. The van der Waals surface area contributed by atoms with Gasteiger partial charge in [0.15, 0.2) is 11.6 Å². The predicted octanol–water partition coefficient (Wildman–Crippen LogP) is 3.19. The Morgan fingerprint density at radius 2 is 2.12 bits per heavy atom. The molecule has 0 aliphatic carbocycles. The Morgan fingerprint density at radius 3 is 2.73 bits per heavy atom. The largest absolute Gasteiger partial charge is 0.488 e. The number of halogens is 1. The quantitative estimate of drug-likeness (QED) is 0.635. The number of anilines is 2. The van der Waals surface area contributed by atoms with Gasteiger partial charge in [-0.3, -0.25) is 10.1 Å². The molecule has 1 saturated heterocycles. The number of nitrogens with zero attached hydrogens (tertiary/aromatic N) is 3. The van der Waals surface area contributed by atoms with Crippen LogP contribution in [0.4, 0.5) is 15.9 Å². The summed E-state index contributed by atoms with van der Waals surface area (Å²) < 4.78 is 21.3. The molecule has 1 aliphatic rings. The normalized spacial score (nSPS) is 17.2.